The number of carboxylic acid groups (broad SMARTS) is 1. The second-order valence-corrected chi connectivity index (χ2v) is 4.38. The molecule has 0 unspecified atom stereocenters. The standard InChI is InChI=1S/C12H17N3O5/c1-7-3-4-8(20-7)6-15(2)12(19)14-9(11(17)18)5-10(13)16/h3-4,9H,5-6H2,1-2H3,(H2,13,16)(H,14,19)(H,17,18)/t9-/m0/s1. The van der Waals surface area contributed by atoms with Crippen molar-refractivity contribution in [2.45, 2.75) is 25.9 Å². The highest BCUT2D eigenvalue weighted by Crippen LogP contribution is 2.08. The van der Waals surface area contributed by atoms with Crippen molar-refractivity contribution in [3.63, 3.8) is 0 Å². The van der Waals surface area contributed by atoms with Crippen molar-refractivity contribution in [2.75, 3.05) is 7.05 Å². The van der Waals surface area contributed by atoms with Gasteiger partial charge in [-0.3, -0.25) is 4.79 Å². The SMILES string of the molecule is Cc1ccc(CN(C)C(=O)N[C@@H](CC(N)=O)C(=O)O)o1. The van der Waals surface area contributed by atoms with Gasteiger partial charge in [-0.05, 0) is 19.1 Å². The molecule has 1 atom stereocenters. The third kappa shape index (κ3) is 4.63. The molecule has 0 spiro atoms. The normalized spacial score (nSPS) is 11.7. The maximum Gasteiger partial charge on any atom is 0.326 e. The maximum absolute atomic E-state index is 11.8. The zero-order chi connectivity index (χ0) is 15.3. The summed E-state index contributed by atoms with van der Waals surface area (Å²) in [5, 5.41) is 11.1. The van der Waals surface area contributed by atoms with Crippen LogP contribution in [0.5, 0.6) is 0 Å². The van der Waals surface area contributed by atoms with Crippen LogP contribution >= 0.6 is 0 Å². The van der Waals surface area contributed by atoms with Gasteiger partial charge in [0.15, 0.2) is 0 Å². The van der Waals surface area contributed by atoms with E-state index in [1.807, 2.05) is 0 Å². The van der Waals surface area contributed by atoms with Gasteiger partial charge in [0.05, 0.1) is 13.0 Å². The van der Waals surface area contributed by atoms with Gasteiger partial charge in [0.1, 0.15) is 17.6 Å². The summed E-state index contributed by atoms with van der Waals surface area (Å²) in [6.07, 6.45) is -0.464. The lowest BCUT2D eigenvalue weighted by Gasteiger charge is -2.20. The molecule has 20 heavy (non-hydrogen) atoms. The maximum atomic E-state index is 11.8. The molecule has 0 aromatic carbocycles. The lowest BCUT2D eigenvalue weighted by Crippen LogP contribution is -2.47. The number of hydrogen-bond acceptors (Lipinski definition) is 4. The molecule has 110 valence electrons. The van der Waals surface area contributed by atoms with Crippen molar-refractivity contribution in [3.8, 4) is 0 Å². The molecule has 0 saturated carbocycles. The summed E-state index contributed by atoms with van der Waals surface area (Å²) in [5.41, 5.74) is 4.93. The van der Waals surface area contributed by atoms with Crippen molar-refractivity contribution in [3.05, 3.63) is 23.7 Å². The minimum Gasteiger partial charge on any atom is -0.480 e. The number of rotatable bonds is 6. The van der Waals surface area contributed by atoms with Crippen LogP contribution in [0.15, 0.2) is 16.5 Å². The fraction of sp³-hybridized carbons (Fsp3) is 0.417. The van der Waals surface area contributed by atoms with Gasteiger partial charge in [0, 0.05) is 7.05 Å². The fourth-order valence-corrected chi connectivity index (χ4v) is 1.54. The van der Waals surface area contributed by atoms with Gasteiger partial charge in [-0.25, -0.2) is 9.59 Å². The summed E-state index contributed by atoms with van der Waals surface area (Å²) in [4.78, 5) is 34.7. The number of aryl methyl sites for hydroxylation is 1. The third-order valence-corrected chi connectivity index (χ3v) is 2.54. The Kier molecular flexibility index (Phi) is 5.13. The lowest BCUT2D eigenvalue weighted by molar-refractivity contribution is -0.140. The second kappa shape index (κ2) is 6.60. The number of primary amides is 1. The number of urea groups is 1. The summed E-state index contributed by atoms with van der Waals surface area (Å²) < 4.78 is 5.31. The number of hydrogen-bond donors (Lipinski definition) is 3. The van der Waals surface area contributed by atoms with E-state index in [-0.39, 0.29) is 6.54 Å². The van der Waals surface area contributed by atoms with Crippen LogP contribution < -0.4 is 11.1 Å². The largest absolute Gasteiger partial charge is 0.480 e. The van der Waals surface area contributed by atoms with Crippen molar-refractivity contribution >= 4 is 17.9 Å². The van der Waals surface area contributed by atoms with E-state index in [1.54, 1.807) is 19.1 Å². The van der Waals surface area contributed by atoms with Crippen LogP contribution in [-0.2, 0) is 16.1 Å². The van der Waals surface area contributed by atoms with Gasteiger partial charge in [0.2, 0.25) is 5.91 Å². The predicted octanol–water partition coefficient (Wildman–Crippen LogP) is 0.0580. The monoisotopic (exact) mass is 283 g/mol. The number of furan rings is 1. The minimum absolute atomic E-state index is 0.183. The van der Waals surface area contributed by atoms with E-state index in [0.717, 1.165) is 0 Å². The minimum atomic E-state index is -1.35. The van der Waals surface area contributed by atoms with Gasteiger partial charge in [-0.1, -0.05) is 0 Å². The molecule has 8 heteroatoms. The Morgan fingerprint density at radius 3 is 2.55 bits per heavy atom. The van der Waals surface area contributed by atoms with E-state index in [2.05, 4.69) is 5.32 Å². The van der Waals surface area contributed by atoms with E-state index in [9.17, 15) is 14.4 Å². The molecule has 0 bridgehead atoms. The molecule has 1 heterocycles. The molecular formula is C12H17N3O5. The predicted molar refractivity (Wildman–Crippen MR) is 68.7 cm³/mol. The molecule has 0 radical (unpaired) electrons. The molecule has 0 aliphatic carbocycles. The molecule has 0 saturated heterocycles. The first kappa shape index (κ1) is 15.5. The summed E-state index contributed by atoms with van der Waals surface area (Å²) in [6.45, 7) is 1.96. The van der Waals surface area contributed by atoms with E-state index in [1.165, 1.54) is 11.9 Å². The molecule has 1 rings (SSSR count). The molecule has 1 aromatic rings. The van der Waals surface area contributed by atoms with Crippen LogP contribution in [0.4, 0.5) is 4.79 Å². The van der Waals surface area contributed by atoms with Crippen LogP contribution in [0, 0.1) is 6.92 Å². The number of carbonyl (C=O) groups is 3. The summed E-state index contributed by atoms with van der Waals surface area (Å²) in [5.74, 6) is -0.839. The van der Waals surface area contributed by atoms with Crippen molar-refractivity contribution < 1.29 is 23.9 Å². The van der Waals surface area contributed by atoms with Crippen molar-refractivity contribution in [1.29, 1.82) is 0 Å². The smallest absolute Gasteiger partial charge is 0.326 e. The highest BCUT2D eigenvalue weighted by atomic mass is 16.4. The van der Waals surface area contributed by atoms with Gasteiger partial charge in [0.25, 0.3) is 0 Å². The molecule has 4 N–H and O–H groups in total. The Bertz CT molecular complexity index is 511. The molecule has 0 aliphatic rings. The first-order valence-corrected chi connectivity index (χ1v) is 5.87. The first-order chi connectivity index (χ1) is 9.29. The second-order valence-electron chi connectivity index (χ2n) is 4.38. The van der Waals surface area contributed by atoms with E-state index in [4.69, 9.17) is 15.3 Å². The Morgan fingerprint density at radius 1 is 1.45 bits per heavy atom. The molecular weight excluding hydrogens is 266 g/mol. The number of amides is 3. The Labute approximate surface area is 115 Å². The number of carbonyl (C=O) groups excluding carboxylic acids is 2. The molecule has 8 nitrogen and oxygen atoms in total. The van der Waals surface area contributed by atoms with Crippen LogP contribution in [0.1, 0.15) is 17.9 Å². The number of nitrogens with one attached hydrogen (secondary N) is 1. The summed E-state index contributed by atoms with van der Waals surface area (Å²) >= 11 is 0. The highest BCUT2D eigenvalue weighted by molar-refractivity contribution is 5.87. The number of carboxylic acids is 1. The van der Waals surface area contributed by atoms with Crippen molar-refractivity contribution in [2.24, 2.45) is 5.73 Å². The van der Waals surface area contributed by atoms with E-state index >= 15 is 0 Å². The summed E-state index contributed by atoms with van der Waals surface area (Å²) in [7, 11) is 1.48. The molecule has 3 amide bonds. The first-order valence-electron chi connectivity index (χ1n) is 5.87. The molecule has 0 aliphatic heterocycles. The lowest BCUT2D eigenvalue weighted by atomic mass is 10.2. The van der Waals surface area contributed by atoms with Gasteiger partial charge < -0.3 is 25.5 Å². The van der Waals surface area contributed by atoms with Gasteiger partial charge in [-0.15, -0.1) is 0 Å². The topological polar surface area (TPSA) is 126 Å². The number of nitrogens with zero attached hydrogens (tertiary/aromatic N) is 1. The Morgan fingerprint density at radius 2 is 2.10 bits per heavy atom. The third-order valence-electron chi connectivity index (χ3n) is 2.54. The highest BCUT2D eigenvalue weighted by Gasteiger charge is 2.23. The van der Waals surface area contributed by atoms with Crippen LogP contribution in [-0.4, -0.2) is 41.0 Å². The van der Waals surface area contributed by atoms with Crippen LogP contribution in [0.3, 0.4) is 0 Å². The fourth-order valence-electron chi connectivity index (χ4n) is 1.54. The van der Waals surface area contributed by atoms with Gasteiger partial charge in [-0.2, -0.15) is 0 Å². The Balaban J connectivity index is 2.59. The average molecular weight is 283 g/mol. The van der Waals surface area contributed by atoms with Crippen molar-refractivity contribution in [1.82, 2.24) is 10.2 Å². The van der Waals surface area contributed by atoms with E-state index < -0.39 is 30.4 Å². The van der Waals surface area contributed by atoms with Crippen LogP contribution in [0.25, 0.3) is 0 Å². The van der Waals surface area contributed by atoms with Crippen LogP contribution in [0.2, 0.25) is 0 Å². The molecule has 1 aromatic heterocycles. The molecule has 0 fully saturated rings. The zero-order valence-electron chi connectivity index (χ0n) is 11.3. The average Bonchev–Trinajstić information content (AvgIpc) is 2.72. The quantitative estimate of drug-likeness (QED) is 0.680. The summed E-state index contributed by atoms with van der Waals surface area (Å²) in [6, 6.07) is 1.50. The van der Waals surface area contributed by atoms with E-state index in [0.29, 0.717) is 11.5 Å². The number of aliphatic carboxylic acids is 1. The number of nitrogens with two attached hydrogens (primary N) is 1. The van der Waals surface area contributed by atoms with Gasteiger partial charge >= 0.3 is 12.0 Å². The Hall–Kier alpha value is -2.51. The zero-order valence-corrected chi connectivity index (χ0v) is 11.3.